The molecule has 128 valence electrons. The monoisotopic (exact) mass is 331 g/mol. The molecule has 1 aliphatic rings. The third-order valence-corrected chi connectivity index (χ3v) is 4.33. The van der Waals surface area contributed by atoms with Crippen LogP contribution in [-0.4, -0.2) is 40.3 Å². The number of aromatic nitrogens is 3. The highest BCUT2D eigenvalue weighted by atomic mass is 16.3. The molecule has 8 nitrogen and oxygen atoms in total. The molecule has 8 heteroatoms. The van der Waals surface area contributed by atoms with E-state index in [9.17, 15) is 9.59 Å². The fourth-order valence-electron chi connectivity index (χ4n) is 2.89. The molecule has 1 fully saturated rings. The Labute approximate surface area is 139 Å². The van der Waals surface area contributed by atoms with Crippen molar-refractivity contribution in [3.63, 3.8) is 0 Å². The first-order valence-electron chi connectivity index (χ1n) is 8.07. The maximum atomic E-state index is 12.2. The molecule has 0 aliphatic carbocycles. The van der Waals surface area contributed by atoms with E-state index in [1.807, 2.05) is 6.92 Å². The molecule has 3 rings (SSSR count). The van der Waals surface area contributed by atoms with Crippen molar-refractivity contribution in [2.75, 3.05) is 24.5 Å². The Hall–Kier alpha value is -2.64. The van der Waals surface area contributed by atoms with Gasteiger partial charge in [0.2, 0.25) is 0 Å². The molecule has 1 atom stereocenters. The molecule has 0 aromatic carbocycles. The van der Waals surface area contributed by atoms with Crippen LogP contribution in [0.5, 0.6) is 0 Å². The fourth-order valence-corrected chi connectivity index (χ4v) is 2.89. The molecule has 0 saturated carbocycles. The van der Waals surface area contributed by atoms with Crippen LogP contribution in [-0.2, 0) is 13.5 Å². The minimum absolute atomic E-state index is 0.123. The van der Waals surface area contributed by atoms with Crippen molar-refractivity contribution in [2.45, 2.75) is 19.8 Å². The number of hydrogen-bond donors (Lipinski definition) is 1. The van der Waals surface area contributed by atoms with Crippen molar-refractivity contribution < 1.29 is 9.21 Å². The minimum Gasteiger partial charge on any atom is -0.448 e. The Morgan fingerprint density at radius 1 is 1.50 bits per heavy atom. The molecule has 2 aromatic rings. The van der Waals surface area contributed by atoms with E-state index in [-0.39, 0.29) is 11.5 Å². The number of nitrogens with zero attached hydrogens (tertiary/aromatic N) is 4. The molecule has 1 N–H and O–H groups in total. The van der Waals surface area contributed by atoms with Crippen LogP contribution in [0.1, 0.15) is 29.6 Å². The summed E-state index contributed by atoms with van der Waals surface area (Å²) in [6, 6.07) is 1.59. The second-order valence-corrected chi connectivity index (χ2v) is 5.96. The third kappa shape index (κ3) is 3.32. The van der Waals surface area contributed by atoms with Gasteiger partial charge in [0.15, 0.2) is 12.1 Å². The van der Waals surface area contributed by atoms with E-state index in [0.717, 1.165) is 25.2 Å². The normalized spacial score (nSPS) is 17.2. The molecule has 0 radical (unpaired) electrons. The van der Waals surface area contributed by atoms with E-state index in [0.29, 0.717) is 30.3 Å². The average molecular weight is 331 g/mol. The van der Waals surface area contributed by atoms with Crippen LogP contribution in [0.3, 0.4) is 0 Å². The highest BCUT2D eigenvalue weighted by molar-refractivity contribution is 5.93. The topological polar surface area (TPSA) is 93.3 Å². The molecular formula is C16H21N5O3. The lowest BCUT2D eigenvalue weighted by atomic mass is 10.1. The van der Waals surface area contributed by atoms with Crippen molar-refractivity contribution in [3.05, 3.63) is 40.5 Å². The van der Waals surface area contributed by atoms with E-state index in [4.69, 9.17) is 4.42 Å². The van der Waals surface area contributed by atoms with Crippen molar-refractivity contribution in [1.82, 2.24) is 20.1 Å². The second kappa shape index (κ2) is 6.86. The molecule has 2 aromatic heterocycles. The van der Waals surface area contributed by atoms with E-state index in [1.54, 1.807) is 19.3 Å². The number of rotatable bonds is 5. The number of hydrogen-bond acceptors (Lipinski definition) is 6. The van der Waals surface area contributed by atoms with E-state index in [1.165, 1.54) is 11.1 Å². The molecule has 1 amide bonds. The van der Waals surface area contributed by atoms with Crippen LogP contribution in [0, 0.1) is 5.92 Å². The van der Waals surface area contributed by atoms with Gasteiger partial charge in [0, 0.05) is 39.2 Å². The summed E-state index contributed by atoms with van der Waals surface area (Å²) < 4.78 is 6.49. The highest BCUT2D eigenvalue weighted by Gasteiger charge is 2.24. The minimum atomic E-state index is -0.200. The van der Waals surface area contributed by atoms with Gasteiger partial charge in [-0.1, -0.05) is 6.92 Å². The van der Waals surface area contributed by atoms with Crippen molar-refractivity contribution in [3.8, 4) is 0 Å². The number of carbonyl (C=O) groups is 1. The van der Waals surface area contributed by atoms with Crippen LogP contribution in [0.4, 0.5) is 5.69 Å². The molecule has 3 heterocycles. The number of aryl methyl sites for hydroxylation is 2. The lowest BCUT2D eigenvalue weighted by molar-refractivity contribution is 0.0942. The fraction of sp³-hybridized carbons (Fsp3) is 0.500. The van der Waals surface area contributed by atoms with Crippen LogP contribution >= 0.6 is 0 Å². The first kappa shape index (κ1) is 16.2. The standard InChI is InChI=1S/C16H21N5O3/c1-3-13-15(18-10-24-13)16(23)17-7-11-4-5-21(9-11)12-6-14(22)20(2)19-8-12/h6,8,10-11H,3-5,7,9H2,1-2H3,(H,17,23)/t11-/m1/s1. The highest BCUT2D eigenvalue weighted by Crippen LogP contribution is 2.21. The van der Waals surface area contributed by atoms with Gasteiger partial charge in [-0.05, 0) is 12.3 Å². The predicted molar refractivity (Wildman–Crippen MR) is 88.0 cm³/mol. The maximum Gasteiger partial charge on any atom is 0.273 e. The summed E-state index contributed by atoms with van der Waals surface area (Å²) in [5.41, 5.74) is 1.07. The molecular weight excluding hydrogens is 310 g/mol. The molecule has 0 unspecified atom stereocenters. The zero-order chi connectivity index (χ0) is 17.1. The van der Waals surface area contributed by atoms with Gasteiger partial charge in [0.25, 0.3) is 11.5 Å². The smallest absolute Gasteiger partial charge is 0.273 e. The van der Waals surface area contributed by atoms with Crippen molar-refractivity contribution >= 4 is 11.6 Å². The Morgan fingerprint density at radius 3 is 3.08 bits per heavy atom. The summed E-state index contributed by atoms with van der Waals surface area (Å²) >= 11 is 0. The third-order valence-electron chi connectivity index (χ3n) is 4.33. The Bertz CT molecular complexity index is 782. The molecule has 1 saturated heterocycles. The van der Waals surface area contributed by atoms with E-state index >= 15 is 0 Å². The number of amides is 1. The number of oxazole rings is 1. The van der Waals surface area contributed by atoms with Gasteiger partial charge in [-0.3, -0.25) is 9.59 Å². The van der Waals surface area contributed by atoms with Gasteiger partial charge in [-0.25, -0.2) is 9.67 Å². The van der Waals surface area contributed by atoms with E-state index in [2.05, 4.69) is 20.3 Å². The van der Waals surface area contributed by atoms with Gasteiger partial charge < -0.3 is 14.6 Å². The molecule has 0 bridgehead atoms. The summed E-state index contributed by atoms with van der Waals surface area (Å²) in [5, 5.41) is 6.97. The van der Waals surface area contributed by atoms with Crippen LogP contribution in [0.15, 0.2) is 27.9 Å². The molecule has 0 spiro atoms. The summed E-state index contributed by atoms with van der Waals surface area (Å²) in [6.45, 7) is 4.13. The predicted octanol–water partition coefficient (Wildman–Crippen LogP) is 0.587. The lowest BCUT2D eigenvalue weighted by Gasteiger charge is -2.18. The molecule has 24 heavy (non-hydrogen) atoms. The van der Waals surface area contributed by atoms with Gasteiger partial charge >= 0.3 is 0 Å². The Kier molecular flexibility index (Phi) is 4.64. The quantitative estimate of drug-likeness (QED) is 0.862. The van der Waals surface area contributed by atoms with Crippen LogP contribution in [0.25, 0.3) is 0 Å². The van der Waals surface area contributed by atoms with E-state index < -0.39 is 0 Å². The van der Waals surface area contributed by atoms with Crippen molar-refractivity contribution in [1.29, 1.82) is 0 Å². The van der Waals surface area contributed by atoms with Crippen LogP contribution < -0.4 is 15.8 Å². The first-order valence-corrected chi connectivity index (χ1v) is 8.07. The maximum absolute atomic E-state index is 12.2. The number of anilines is 1. The van der Waals surface area contributed by atoms with Gasteiger partial charge in [0.05, 0.1) is 11.9 Å². The zero-order valence-electron chi connectivity index (χ0n) is 13.9. The summed E-state index contributed by atoms with van der Waals surface area (Å²) in [5.74, 6) is 0.732. The molecule has 1 aliphatic heterocycles. The summed E-state index contributed by atoms with van der Waals surface area (Å²) in [7, 11) is 1.63. The van der Waals surface area contributed by atoms with Crippen molar-refractivity contribution in [2.24, 2.45) is 13.0 Å². The van der Waals surface area contributed by atoms with Gasteiger partial charge in [0.1, 0.15) is 5.76 Å². The SMILES string of the molecule is CCc1ocnc1C(=O)NC[C@H]1CCN(c2cnn(C)c(=O)c2)C1. The van der Waals surface area contributed by atoms with Crippen LogP contribution in [0.2, 0.25) is 0 Å². The van der Waals surface area contributed by atoms with Gasteiger partial charge in [-0.15, -0.1) is 0 Å². The second-order valence-electron chi connectivity index (χ2n) is 5.96. The largest absolute Gasteiger partial charge is 0.448 e. The first-order chi connectivity index (χ1) is 11.6. The number of nitrogens with one attached hydrogen (secondary N) is 1. The lowest BCUT2D eigenvalue weighted by Crippen LogP contribution is -2.32. The van der Waals surface area contributed by atoms with Gasteiger partial charge in [-0.2, -0.15) is 5.10 Å². The summed E-state index contributed by atoms with van der Waals surface area (Å²) in [6.07, 6.45) is 4.59. The summed E-state index contributed by atoms with van der Waals surface area (Å²) in [4.78, 5) is 30.0. The zero-order valence-corrected chi connectivity index (χ0v) is 13.9. The Balaban J connectivity index is 1.55. The average Bonchev–Trinajstić information content (AvgIpc) is 3.24. The number of carbonyl (C=O) groups excluding carboxylic acids is 1. The Morgan fingerprint density at radius 2 is 2.33 bits per heavy atom.